The molecule has 1 nitrogen and oxygen atoms in total. The summed E-state index contributed by atoms with van der Waals surface area (Å²) in [5, 5.41) is 0. The quantitative estimate of drug-likeness (QED) is 0.883. The van der Waals surface area contributed by atoms with Gasteiger partial charge in [-0.15, -0.1) is 0 Å². The lowest BCUT2D eigenvalue weighted by Gasteiger charge is -2.28. The Morgan fingerprint density at radius 2 is 2.11 bits per heavy atom. The molecule has 2 unspecified atom stereocenters. The van der Waals surface area contributed by atoms with E-state index >= 15 is 0 Å². The molecule has 0 bridgehead atoms. The van der Waals surface area contributed by atoms with Gasteiger partial charge in [0.25, 0.3) is 0 Å². The second kappa shape index (κ2) is 5.16. The van der Waals surface area contributed by atoms with E-state index in [2.05, 4.69) is 6.92 Å². The van der Waals surface area contributed by atoms with E-state index < -0.39 is 11.7 Å². The Hall–Kier alpha value is -1.03. The van der Waals surface area contributed by atoms with Gasteiger partial charge < -0.3 is 5.73 Å². The lowest BCUT2D eigenvalue weighted by molar-refractivity contribution is -0.137. The van der Waals surface area contributed by atoms with Crippen molar-refractivity contribution in [2.24, 2.45) is 17.1 Å². The summed E-state index contributed by atoms with van der Waals surface area (Å²) < 4.78 is 38.1. The largest absolute Gasteiger partial charge is 0.416 e. The number of nitrogens with two attached hydrogens (primary N) is 1. The standard InChI is InChI=1S/C15H20F3N/c1-11-5-6-14(8-11,10-19)9-12-3-2-4-13(7-12)15(16,17)18/h2-4,7,11H,5-6,8-10,19H2,1H3. The van der Waals surface area contributed by atoms with Gasteiger partial charge in [0.15, 0.2) is 0 Å². The molecule has 1 saturated carbocycles. The molecule has 4 heteroatoms. The third-order valence-corrected chi connectivity index (χ3v) is 4.22. The van der Waals surface area contributed by atoms with Crippen molar-refractivity contribution in [3.8, 4) is 0 Å². The Morgan fingerprint density at radius 3 is 2.63 bits per heavy atom. The molecule has 19 heavy (non-hydrogen) atoms. The van der Waals surface area contributed by atoms with Crippen LogP contribution in [0.4, 0.5) is 13.2 Å². The van der Waals surface area contributed by atoms with E-state index in [4.69, 9.17) is 5.73 Å². The van der Waals surface area contributed by atoms with E-state index in [0.717, 1.165) is 30.9 Å². The fourth-order valence-electron chi connectivity index (χ4n) is 3.20. The predicted molar refractivity (Wildman–Crippen MR) is 69.7 cm³/mol. The fraction of sp³-hybridized carbons (Fsp3) is 0.600. The highest BCUT2D eigenvalue weighted by Crippen LogP contribution is 2.43. The van der Waals surface area contributed by atoms with Gasteiger partial charge in [0.1, 0.15) is 0 Å². The van der Waals surface area contributed by atoms with E-state index in [1.54, 1.807) is 6.07 Å². The molecule has 1 aromatic rings. The summed E-state index contributed by atoms with van der Waals surface area (Å²) in [6.07, 6.45) is -0.469. The Bertz CT molecular complexity index is 441. The van der Waals surface area contributed by atoms with Gasteiger partial charge in [-0.05, 0) is 48.8 Å². The predicted octanol–water partition coefficient (Wildman–Crippen LogP) is 4.01. The van der Waals surface area contributed by atoms with Gasteiger partial charge in [-0.3, -0.25) is 0 Å². The molecule has 0 amide bonds. The van der Waals surface area contributed by atoms with Crippen LogP contribution in [0.25, 0.3) is 0 Å². The zero-order valence-electron chi connectivity index (χ0n) is 11.1. The minimum atomic E-state index is -4.27. The maximum absolute atomic E-state index is 12.7. The number of hydrogen-bond acceptors (Lipinski definition) is 1. The highest BCUT2D eigenvalue weighted by atomic mass is 19.4. The summed E-state index contributed by atoms with van der Waals surface area (Å²) in [7, 11) is 0. The SMILES string of the molecule is CC1CCC(CN)(Cc2cccc(C(F)(F)F)c2)C1. The van der Waals surface area contributed by atoms with E-state index in [1.807, 2.05) is 0 Å². The van der Waals surface area contributed by atoms with Gasteiger partial charge >= 0.3 is 6.18 Å². The first-order valence-electron chi connectivity index (χ1n) is 6.71. The number of halogens is 3. The molecule has 0 spiro atoms. The molecule has 2 atom stereocenters. The van der Waals surface area contributed by atoms with Gasteiger partial charge in [-0.1, -0.05) is 31.5 Å². The maximum atomic E-state index is 12.7. The minimum Gasteiger partial charge on any atom is -0.330 e. The summed E-state index contributed by atoms with van der Waals surface area (Å²) in [6.45, 7) is 2.73. The first-order chi connectivity index (χ1) is 8.85. The maximum Gasteiger partial charge on any atom is 0.416 e. The molecule has 1 aliphatic carbocycles. The van der Waals surface area contributed by atoms with Crippen molar-refractivity contribution in [1.82, 2.24) is 0 Å². The smallest absolute Gasteiger partial charge is 0.330 e. The number of hydrogen-bond donors (Lipinski definition) is 1. The van der Waals surface area contributed by atoms with Crippen LogP contribution in [0.1, 0.15) is 37.3 Å². The molecule has 1 fully saturated rings. The second-order valence-electron chi connectivity index (χ2n) is 5.93. The van der Waals surface area contributed by atoms with Crippen LogP contribution in [-0.2, 0) is 12.6 Å². The van der Waals surface area contributed by atoms with Crippen molar-refractivity contribution in [1.29, 1.82) is 0 Å². The molecule has 1 aromatic carbocycles. The van der Waals surface area contributed by atoms with Gasteiger partial charge in [0.2, 0.25) is 0 Å². The van der Waals surface area contributed by atoms with E-state index in [-0.39, 0.29) is 5.41 Å². The topological polar surface area (TPSA) is 26.0 Å². The van der Waals surface area contributed by atoms with Gasteiger partial charge in [-0.25, -0.2) is 0 Å². The van der Waals surface area contributed by atoms with Crippen LogP contribution >= 0.6 is 0 Å². The summed E-state index contributed by atoms with van der Waals surface area (Å²) >= 11 is 0. The molecule has 0 saturated heterocycles. The zero-order valence-corrected chi connectivity index (χ0v) is 11.1. The van der Waals surface area contributed by atoms with Gasteiger partial charge in [0, 0.05) is 0 Å². The van der Waals surface area contributed by atoms with Crippen LogP contribution in [0, 0.1) is 11.3 Å². The molecule has 0 aromatic heterocycles. The molecular weight excluding hydrogens is 251 g/mol. The lowest BCUT2D eigenvalue weighted by atomic mass is 9.79. The van der Waals surface area contributed by atoms with E-state index in [9.17, 15) is 13.2 Å². The van der Waals surface area contributed by atoms with Crippen molar-refractivity contribution in [3.05, 3.63) is 35.4 Å². The van der Waals surface area contributed by atoms with Crippen LogP contribution < -0.4 is 5.73 Å². The monoisotopic (exact) mass is 271 g/mol. The normalized spacial score (nSPS) is 27.7. The van der Waals surface area contributed by atoms with E-state index in [0.29, 0.717) is 18.9 Å². The Kier molecular flexibility index (Phi) is 3.90. The first-order valence-corrected chi connectivity index (χ1v) is 6.71. The summed E-state index contributed by atoms with van der Waals surface area (Å²) in [5.74, 6) is 0.620. The zero-order chi connectivity index (χ0) is 14.1. The lowest BCUT2D eigenvalue weighted by Crippen LogP contribution is -2.30. The third kappa shape index (κ3) is 3.30. The number of benzene rings is 1. The number of alkyl halides is 3. The molecular formula is C15H20F3N. The van der Waals surface area contributed by atoms with Crippen molar-refractivity contribution < 1.29 is 13.2 Å². The molecule has 106 valence electrons. The van der Waals surface area contributed by atoms with Crippen LogP contribution in [0.15, 0.2) is 24.3 Å². The van der Waals surface area contributed by atoms with Crippen LogP contribution in [0.2, 0.25) is 0 Å². The molecule has 2 N–H and O–H groups in total. The average Bonchev–Trinajstić information content (AvgIpc) is 2.71. The summed E-state index contributed by atoms with van der Waals surface area (Å²) in [4.78, 5) is 0. The van der Waals surface area contributed by atoms with Crippen LogP contribution in [0.5, 0.6) is 0 Å². The van der Waals surface area contributed by atoms with Crippen LogP contribution in [0.3, 0.4) is 0 Å². The van der Waals surface area contributed by atoms with Crippen molar-refractivity contribution in [2.45, 2.75) is 38.8 Å². The summed E-state index contributed by atoms with van der Waals surface area (Å²) in [5.41, 5.74) is 6.05. The second-order valence-corrected chi connectivity index (χ2v) is 5.93. The average molecular weight is 271 g/mol. The third-order valence-electron chi connectivity index (χ3n) is 4.22. The van der Waals surface area contributed by atoms with Gasteiger partial charge in [-0.2, -0.15) is 13.2 Å². The molecule has 2 rings (SSSR count). The van der Waals surface area contributed by atoms with E-state index in [1.165, 1.54) is 12.1 Å². The molecule has 0 radical (unpaired) electrons. The molecule has 0 aliphatic heterocycles. The van der Waals surface area contributed by atoms with Crippen LogP contribution in [-0.4, -0.2) is 6.54 Å². The first kappa shape index (κ1) is 14.4. The fourth-order valence-corrected chi connectivity index (χ4v) is 3.20. The summed E-state index contributed by atoms with van der Waals surface area (Å²) in [6, 6.07) is 5.65. The Balaban J connectivity index is 2.19. The highest BCUT2D eigenvalue weighted by molar-refractivity contribution is 5.27. The van der Waals surface area contributed by atoms with Gasteiger partial charge in [0.05, 0.1) is 5.56 Å². The van der Waals surface area contributed by atoms with Crippen molar-refractivity contribution >= 4 is 0 Å². The number of rotatable bonds is 3. The van der Waals surface area contributed by atoms with Crippen molar-refractivity contribution in [2.75, 3.05) is 6.54 Å². The molecule has 0 heterocycles. The minimum absolute atomic E-state index is 0.0103. The highest BCUT2D eigenvalue weighted by Gasteiger charge is 2.37. The Labute approximate surface area is 112 Å². The Morgan fingerprint density at radius 1 is 1.37 bits per heavy atom. The van der Waals surface area contributed by atoms with Crippen molar-refractivity contribution in [3.63, 3.8) is 0 Å². The molecule has 1 aliphatic rings.